The second kappa shape index (κ2) is 10.8. The molecule has 0 radical (unpaired) electrons. The highest BCUT2D eigenvalue weighted by molar-refractivity contribution is 5.80. The van der Waals surface area contributed by atoms with Crippen LogP contribution in [-0.2, 0) is 4.79 Å². The minimum absolute atomic E-state index is 0.0191. The van der Waals surface area contributed by atoms with Crippen LogP contribution in [0.5, 0.6) is 0 Å². The number of anilines is 1. The summed E-state index contributed by atoms with van der Waals surface area (Å²) in [5.74, 6) is 2.77. The van der Waals surface area contributed by atoms with Crippen molar-refractivity contribution in [2.75, 3.05) is 50.7 Å². The SMILES string of the molecule is Cc1nccn1-c1ccc(N2CCCC(C(=O)N3CCN(C/C=C/c4ccccc4)CC3)C2)nn1. The summed E-state index contributed by atoms with van der Waals surface area (Å²) in [7, 11) is 0. The summed E-state index contributed by atoms with van der Waals surface area (Å²) in [5, 5.41) is 8.85. The van der Waals surface area contributed by atoms with Crippen molar-refractivity contribution in [3.63, 3.8) is 0 Å². The first kappa shape index (κ1) is 23.2. The van der Waals surface area contributed by atoms with Crippen LogP contribution in [0, 0.1) is 12.8 Å². The van der Waals surface area contributed by atoms with Gasteiger partial charge >= 0.3 is 0 Å². The van der Waals surface area contributed by atoms with Crippen LogP contribution in [0.1, 0.15) is 24.2 Å². The number of piperidine rings is 1. The van der Waals surface area contributed by atoms with E-state index in [0.717, 1.165) is 69.6 Å². The van der Waals surface area contributed by atoms with E-state index in [4.69, 9.17) is 0 Å². The van der Waals surface area contributed by atoms with Gasteiger partial charge < -0.3 is 9.80 Å². The maximum absolute atomic E-state index is 13.3. The van der Waals surface area contributed by atoms with Crippen LogP contribution in [0.25, 0.3) is 11.9 Å². The van der Waals surface area contributed by atoms with Crippen molar-refractivity contribution in [2.45, 2.75) is 19.8 Å². The minimum atomic E-state index is 0.0191. The number of piperazine rings is 1. The fourth-order valence-electron chi connectivity index (χ4n) is 4.93. The number of amides is 1. The highest BCUT2D eigenvalue weighted by Gasteiger charge is 2.31. The van der Waals surface area contributed by atoms with E-state index in [0.29, 0.717) is 6.54 Å². The van der Waals surface area contributed by atoms with Crippen LogP contribution in [0.4, 0.5) is 5.82 Å². The van der Waals surface area contributed by atoms with Gasteiger partial charge in [0.05, 0.1) is 5.92 Å². The van der Waals surface area contributed by atoms with E-state index in [2.05, 4.69) is 66.3 Å². The largest absolute Gasteiger partial charge is 0.354 e. The van der Waals surface area contributed by atoms with E-state index < -0.39 is 0 Å². The number of benzene rings is 1. The van der Waals surface area contributed by atoms with Gasteiger partial charge in [0.1, 0.15) is 5.82 Å². The zero-order chi connectivity index (χ0) is 24.0. The quantitative estimate of drug-likeness (QED) is 0.550. The molecule has 5 rings (SSSR count). The van der Waals surface area contributed by atoms with E-state index in [1.807, 2.05) is 35.9 Å². The summed E-state index contributed by atoms with van der Waals surface area (Å²) < 4.78 is 1.91. The highest BCUT2D eigenvalue weighted by atomic mass is 16.2. The Labute approximate surface area is 206 Å². The summed E-state index contributed by atoms with van der Waals surface area (Å²) in [6.45, 7) is 7.91. The van der Waals surface area contributed by atoms with Gasteiger partial charge in [0.15, 0.2) is 11.6 Å². The standard InChI is InChI=1S/C27H33N7O/c1-22-28-13-16-34(22)26-12-11-25(29-30-26)33-15-6-10-24(21-33)27(35)32-19-17-31(18-20-32)14-5-9-23-7-3-2-4-8-23/h2-5,7-9,11-13,16,24H,6,10,14-15,17-21H2,1H3/b9-5+. The van der Waals surface area contributed by atoms with Gasteiger partial charge in [-0.3, -0.25) is 14.3 Å². The second-order valence-electron chi connectivity index (χ2n) is 9.32. The molecule has 1 amide bonds. The molecule has 8 nitrogen and oxygen atoms in total. The number of aromatic nitrogens is 4. The molecular weight excluding hydrogens is 438 g/mol. The molecule has 0 N–H and O–H groups in total. The maximum atomic E-state index is 13.3. The van der Waals surface area contributed by atoms with Crippen molar-refractivity contribution >= 4 is 17.8 Å². The molecule has 2 saturated heterocycles. The number of aryl methyl sites for hydroxylation is 1. The number of carbonyl (C=O) groups is 1. The van der Waals surface area contributed by atoms with Crippen LogP contribution >= 0.6 is 0 Å². The lowest BCUT2D eigenvalue weighted by Gasteiger charge is -2.39. The molecule has 0 bridgehead atoms. The molecule has 3 aromatic rings. The maximum Gasteiger partial charge on any atom is 0.227 e. The van der Waals surface area contributed by atoms with Crippen LogP contribution in [0.15, 0.2) is 60.9 Å². The third-order valence-electron chi connectivity index (χ3n) is 6.96. The third-order valence-corrected chi connectivity index (χ3v) is 6.96. The average Bonchev–Trinajstić information content (AvgIpc) is 3.35. The smallest absolute Gasteiger partial charge is 0.227 e. The lowest BCUT2D eigenvalue weighted by Crippen LogP contribution is -2.52. The Bertz CT molecular complexity index is 1130. The molecule has 8 heteroatoms. The summed E-state index contributed by atoms with van der Waals surface area (Å²) in [6.07, 6.45) is 9.95. The lowest BCUT2D eigenvalue weighted by molar-refractivity contribution is -0.137. The molecule has 0 spiro atoms. The van der Waals surface area contributed by atoms with Gasteiger partial charge in [-0.1, -0.05) is 42.5 Å². The van der Waals surface area contributed by atoms with E-state index in [-0.39, 0.29) is 11.8 Å². The molecule has 2 aromatic heterocycles. The Kier molecular flexibility index (Phi) is 7.18. The van der Waals surface area contributed by atoms with E-state index in [1.54, 1.807) is 6.20 Å². The summed E-state index contributed by atoms with van der Waals surface area (Å²) >= 11 is 0. The van der Waals surface area contributed by atoms with E-state index in [1.165, 1.54) is 5.56 Å². The minimum Gasteiger partial charge on any atom is -0.354 e. The number of nitrogens with zero attached hydrogens (tertiary/aromatic N) is 7. The molecule has 1 atom stereocenters. The van der Waals surface area contributed by atoms with Gasteiger partial charge in [-0.15, -0.1) is 10.2 Å². The third kappa shape index (κ3) is 5.59. The number of carbonyl (C=O) groups excluding carboxylic acids is 1. The number of hydrogen-bond donors (Lipinski definition) is 0. The van der Waals surface area contributed by atoms with E-state index >= 15 is 0 Å². The molecule has 1 aromatic carbocycles. The van der Waals surface area contributed by atoms with Gasteiger partial charge in [0, 0.05) is 58.2 Å². The summed E-state index contributed by atoms with van der Waals surface area (Å²) in [5.41, 5.74) is 1.22. The second-order valence-corrected chi connectivity index (χ2v) is 9.32. The van der Waals surface area contributed by atoms with Crippen molar-refractivity contribution < 1.29 is 4.79 Å². The van der Waals surface area contributed by atoms with Crippen molar-refractivity contribution in [3.05, 3.63) is 72.3 Å². The monoisotopic (exact) mass is 471 g/mol. The first-order chi connectivity index (χ1) is 17.2. The first-order valence-electron chi connectivity index (χ1n) is 12.5. The molecule has 2 aliphatic heterocycles. The number of rotatable bonds is 6. The fourth-order valence-corrected chi connectivity index (χ4v) is 4.93. The van der Waals surface area contributed by atoms with Gasteiger partial charge in [-0.25, -0.2) is 4.98 Å². The molecular formula is C27H33N7O. The fraction of sp³-hybridized carbons (Fsp3) is 0.407. The summed E-state index contributed by atoms with van der Waals surface area (Å²) in [6, 6.07) is 14.3. The summed E-state index contributed by atoms with van der Waals surface area (Å²) in [4.78, 5) is 24.2. The topological polar surface area (TPSA) is 70.4 Å². The van der Waals surface area contributed by atoms with Gasteiger partial charge in [-0.05, 0) is 37.5 Å². The molecule has 2 fully saturated rings. The Hall–Kier alpha value is -3.52. The predicted molar refractivity (Wildman–Crippen MR) is 137 cm³/mol. The molecule has 4 heterocycles. The Morgan fingerprint density at radius 3 is 2.49 bits per heavy atom. The van der Waals surface area contributed by atoms with Gasteiger partial charge in [0.25, 0.3) is 0 Å². The van der Waals surface area contributed by atoms with Gasteiger partial charge in [-0.2, -0.15) is 0 Å². The number of hydrogen-bond acceptors (Lipinski definition) is 6. The molecule has 182 valence electrons. The zero-order valence-corrected chi connectivity index (χ0v) is 20.3. The lowest BCUT2D eigenvalue weighted by atomic mass is 9.96. The highest BCUT2D eigenvalue weighted by Crippen LogP contribution is 2.24. The van der Waals surface area contributed by atoms with Gasteiger partial charge in [0.2, 0.25) is 5.91 Å². The van der Waals surface area contributed by atoms with Crippen molar-refractivity contribution in [2.24, 2.45) is 5.92 Å². The molecule has 2 aliphatic rings. The average molecular weight is 472 g/mol. The van der Waals surface area contributed by atoms with Crippen molar-refractivity contribution in [1.82, 2.24) is 29.5 Å². The Balaban J connectivity index is 1.12. The predicted octanol–water partition coefficient (Wildman–Crippen LogP) is 3.04. The zero-order valence-electron chi connectivity index (χ0n) is 20.3. The molecule has 35 heavy (non-hydrogen) atoms. The van der Waals surface area contributed by atoms with E-state index in [9.17, 15) is 4.79 Å². The Morgan fingerprint density at radius 1 is 1.00 bits per heavy atom. The van der Waals surface area contributed by atoms with Crippen LogP contribution in [0.2, 0.25) is 0 Å². The normalized spacial score (nSPS) is 19.4. The van der Waals surface area contributed by atoms with Crippen molar-refractivity contribution in [3.8, 4) is 5.82 Å². The van der Waals surface area contributed by atoms with Crippen LogP contribution in [0.3, 0.4) is 0 Å². The number of imidazole rings is 1. The first-order valence-corrected chi connectivity index (χ1v) is 12.5. The van der Waals surface area contributed by atoms with Crippen LogP contribution in [-0.4, -0.2) is 81.3 Å². The van der Waals surface area contributed by atoms with Crippen molar-refractivity contribution in [1.29, 1.82) is 0 Å². The molecule has 1 unspecified atom stereocenters. The Morgan fingerprint density at radius 2 is 1.77 bits per heavy atom. The molecule has 0 saturated carbocycles. The molecule has 0 aliphatic carbocycles. The van der Waals surface area contributed by atoms with Crippen LogP contribution < -0.4 is 4.90 Å².